The Morgan fingerprint density at radius 3 is 2.74 bits per heavy atom. The van der Waals surface area contributed by atoms with Gasteiger partial charge >= 0.3 is 0 Å². The van der Waals surface area contributed by atoms with Crippen molar-refractivity contribution in [3.8, 4) is 5.75 Å². The number of ether oxygens (including phenoxy) is 1. The quantitative estimate of drug-likeness (QED) is 0.806. The van der Waals surface area contributed by atoms with E-state index in [9.17, 15) is 0 Å². The van der Waals surface area contributed by atoms with Crippen molar-refractivity contribution in [2.45, 2.75) is 6.61 Å². The van der Waals surface area contributed by atoms with Gasteiger partial charge in [0.1, 0.15) is 18.0 Å². The molecule has 0 atom stereocenters. The molecule has 0 aliphatic carbocycles. The molecule has 19 heavy (non-hydrogen) atoms. The topological polar surface area (TPSA) is 52.5 Å². The molecule has 0 saturated carbocycles. The molecular formula is C14H12BrN3O. The summed E-state index contributed by atoms with van der Waals surface area (Å²) in [5, 5.41) is 0. The molecule has 0 unspecified atom stereocenters. The van der Waals surface area contributed by atoms with Crippen molar-refractivity contribution in [1.82, 2.24) is 9.38 Å². The standard InChI is InChI=1S/C14H12BrN3O/c15-10-1-4-13(5-2-10)19-9-12-7-17-14-6-3-11(16)8-18(12)14/h1-8H,9,16H2. The van der Waals surface area contributed by atoms with E-state index in [0.29, 0.717) is 12.3 Å². The van der Waals surface area contributed by atoms with E-state index in [0.717, 1.165) is 21.6 Å². The summed E-state index contributed by atoms with van der Waals surface area (Å²) in [4.78, 5) is 4.31. The predicted molar refractivity (Wildman–Crippen MR) is 78.1 cm³/mol. The molecule has 96 valence electrons. The highest BCUT2D eigenvalue weighted by atomic mass is 79.9. The smallest absolute Gasteiger partial charge is 0.137 e. The second-order valence-corrected chi connectivity index (χ2v) is 5.10. The number of pyridine rings is 1. The van der Waals surface area contributed by atoms with Gasteiger partial charge in [0.2, 0.25) is 0 Å². The van der Waals surface area contributed by atoms with Crippen LogP contribution in [0.5, 0.6) is 5.75 Å². The summed E-state index contributed by atoms with van der Waals surface area (Å²) in [6, 6.07) is 11.5. The fraction of sp³-hybridized carbons (Fsp3) is 0.0714. The van der Waals surface area contributed by atoms with Gasteiger partial charge in [-0.1, -0.05) is 15.9 Å². The number of hydrogen-bond donors (Lipinski definition) is 1. The van der Waals surface area contributed by atoms with Crippen LogP contribution < -0.4 is 10.5 Å². The predicted octanol–water partition coefficient (Wildman–Crippen LogP) is 3.26. The van der Waals surface area contributed by atoms with Crippen LogP contribution >= 0.6 is 15.9 Å². The molecule has 0 bridgehead atoms. The molecule has 0 aliphatic rings. The molecule has 0 radical (unpaired) electrons. The molecule has 0 amide bonds. The minimum atomic E-state index is 0.451. The monoisotopic (exact) mass is 317 g/mol. The van der Waals surface area contributed by atoms with Gasteiger partial charge in [-0.25, -0.2) is 4.98 Å². The summed E-state index contributed by atoms with van der Waals surface area (Å²) in [7, 11) is 0. The lowest BCUT2D eigenvalue weighted by Gasteiger charge is -2.06. The van der Waals surface area contributed by atoms with Gasteiger partial charge in [0.25, 0.3) is 0 Å². The summed E-state index contributed by atoms with van der Waals surface area (Å²) in [5.41, 5.74) is 8.31. The Morgan fingerprint density at radius 2 is 1.95 bits per heavy atom. The summed E-state index contributed by atoms with van der Waals surface area (Å²) in [6.45, 7) is 0.451. The van der Waals surface area contributed by atoms with Gasteiger partial charge in [-0.05, 0) is 36.4 Å². The third-order valence-corrected chi connectivity index (χ3v) is 3.33. The average molecular weight is 318 g/mol. The van der Waals surface area contributed by atoms with E-state index < -0.39 is 0 Å². The van der Waals surface area contributed by atoms with Gasteiger partial charge in [-0.15, -0.1) is 0 Å². The molecule has 2 N–H and O–H groups in total. The summed E-state index contributed by atoms with van der Waals surface area (Å²) in [6.07, 6.45) is 3.65. The van der Waals surface area contributed by atoms with E-state index in [2.05, 4.69) is 20.9 Å². The van der Waals surface area contributed by atoms with Crippen LogP contribution in [0, 0.1) is 0 Å². The van der Waals surface area contributed by atoms with Gasteiger partial charge in [0, 0.05) is 16.4 Å². The van der Waals surface area contributed by atoms with E-state index in [4.69, 9.17) is 10.5 Å². The van der Waals surface area contributed by atoms with Crippen molar-refractivity contribution in [1.29, 1.82) is 0 Å². The van der Waals surface area contributed by atoms with Crippen molar-refractivity contribution >= 4 is 27.3 Å². The normalized spacial score (nSPS) is 10.8. The lowest BCUT2D eigenvalue weighted by atomic mass is 10.3. The van der Waals surface area contributed by atoms with Gasteiger partial charge in [-0.3, -0.25) is 4.40 Å². The van der Waals surface area contributed by atoms with Crippen LogP contribution in [0.2, 0.25) is 0 Å². The molecule has 3 aromatic rings. The number of hydrogen-bond acceptors (Lipinski definition) is 3. The fourth-order valence-electron chi connectivity index (χ4n) is 1.84. The second kappa shape index (κ2) is 4.93. The zero-order chi connectivity index (χ0) is 13.2. The van der Waals surface area contributed by atoms with E-state index in [-0.39, 0.29) is 0 Å². The van der Waals surface area contributed by atoms with Crippen LogP contribution in [-0.2, 0) is 6.61 Å². The first-order valence-corrected chi connectivity index (χ1v) is 6.61. The van der Waals surface area contributed by atoms with Crippen molar-refractivity contribution in [3.05, 3.63) is 59.0 Å². The third kappa shape index (κ3) is 2.56. The Hall–Kier alpha value is -2.01. The number of anilines is 1. The highest BCUT2D eigenvalue weighted by Crippen LogP contribution is 2.18. The number of nitrogens with two attached hydrogens (primary N) is 1. The van der Waals surface area contributed by atoms with Crippen LogP contribution in [-0.4, -0.2) is 9.38 Å². The van der Waals surface area contributed by atoms with Crippen LogP contribution in [0.15, 0.2) is 53.3 Å². The van der Waals surface area contributed by atoms with Crippen molar-refractivity contribution in [2.24, 2.45) is 0 Å². The minimum absolute atomic E-state index is 0.451. The molecule has 0 aliphatic heterocycles. The number of aromatic nitrogens is 2. The van der Waals surface area contributed by atoms with E-state index in [1.165, 1.54) is 0 Å². The second-order valence-electron chi connectivity index (χ2n) is 4.18. The molecule has 0 fully saturated rings. The lowest BCUT2D eigenvalue weighted by Crippen LogP contribution is -2.00. The van der Waals surface area contributed by atoms with Gasteiger partial charge in [0.05, 0.1) is 11.9 Å². The number of imidazole rings is 1. The number of benzene rings is 1. The molecule has 5 heteroatoms. The van der Waals surface area contributed by atoms with Crippen molar-refractivity contribution < 1.29 is 4.74 Å². The number of nitrogens with zero attached hydrogens (tertiary/aromatic N) is 2. The highest BCUT2D eigenvalue weighted by molar-refractivity contribution is 9.10. The molecule has 1 aromatic carbocycles. The van der Waals surface area contributed by atoms with Gasteiger partial charge in [0.15, 0.2) is 0 Å². The van der Waals surface area contributed by atoms with E-state index >= 15 is 0 Å². The summed E-state index contributed by atoms with van der Waals surface area (Å²) < 4.78 is 8.70. The largest absolute Gasteiger partial charge is 0.487 e. The average Bonchev–Trinajstić information content (AvgIpc) is 2.80. The highest BCUT2D eigenvalue weighted by Gasteiger charge is 2.04. The minimum Gasteiger partial charge on any atom is -0.487 e. The first kappa shape index (κ1) is 12.0. The van der Waals surface area contributed by atoms with Gasteiger partial charge < -0.3 is 10.5 Å². The zero-order valence-corrected chi connectivity index (χ0v) is 11.7. The van der Waals surface area contributed by atoms with Crippen LogP contribution in [0.3, 0.4) is 0 Å². The fourth-order valence-corrected chi connectivity index (χ4v) is 2.11. The lowest BCUT2D eigenvalue weighted by molar-refractivity contribution is 0.300. The first-order chi connectivity index (χ1) is 9.22. The van der Waals surface area contributed by atoms with Crippen LogP contribution in [0.4, 0.5) is 5.69 Å². The molecular weight excluding hydrogens is 306 g/mol. The Morgan fingerprint density at radius 1 is 1.16 bits per heavy atom. The molecule has 2 heterocycles. The maximum Gasteiger partial charge on any atom is 0.137 e. The molecule has 3 rings (SSSR count). The van der Waals surface area contributed by atoms with Crippen molar-refractivity contribution in [2.75, 3.05) is 5.73 Å². The first-order valence-electron chi connectivity index (χ1n) is 5.82. The number of rotatable bonds is 3. The number of halogens is 1. The van der Waals surface area contributed by atoms with E-state index in [1.807, 2.05) is 47.0 Å². The van der Waals surface area contributed by atoms with Crippen LogP contribution in [0.25, 0.3) is 5.65 Å². The SMILES string of the molecule is Nc1ccc2ncc(COc3ccc(Br)cc3)n2c1. The van der Waals surface area contributed by atoms with E-state index in [1.54, 1.807) is 6.20 Å². The summed E-state index contributed by atoms with van der Waals surface area (Å²) in [5.74, 6) is 0.821. The molecule has 0 saturated heterocycles. The zero-order valence-electron chi connectivity index (χ0n) is 10.1. The maximum absolute atomic E-state index is 5.78. The van der Waals surface area contributed by atoms with Crippen LogP contribution in [0.1, 0.15) is 5.69 Å². The van der Waals surface area contributed by atoms with Crippen molar-refractivity contribution in [3.63, 3.8) is 0 Å². The molecule has 4 nitrogen and oxygen atoms in total. The number of nitrogen functional groups attached to an aromatic ring is 1. The Bertz CT molecular complexity index is 706. The third-order valence-electron chi connectivity index (χ3n) is 2.81. The molecule has 0 spiro atoms. The summed E-state index contributed by atoms with van der Waals surface area (Å²) >= 11 is 3.39. The number of fused-ring (bicyclic) bond motifs is 1. The van der Waals surface area contributed by atoms with Gasteiger partial charge in [-0.2, -0.15) is 0 Å². The Kier molecular flexibility index (Phi) is 3.13. The Balaban J connectivity index is 1.81. The maximum atomic E-state index is 5.78. The Labute approximate surface area is 119 Å². The molecule has 2 aromatic heterocycles.